The van der Waals surface area contributed by atoms with E-state index in [-0.39, 0.29) is 18.2 Å². The molecule has 4 unspecified atom stereocenters. The lowest BCUT2D eigenvalue weighted by Crippen LogP contribution is -2.65. The van der Waals surface area contributed by atoms with Gasteiger partial charge in [0.1, 0.15) is 11.6 Å². The number of aryl methyl sites for hydroxylation is 1. The lowest BCUT2D eigenvalue weighted by molar-refractivity contribution is 0.00523. The van der Waals surface area contributed by atoms with Crippen molar-refractivity contribution >= 4 is 5.82 Å². The van der Waals surface area contributed by atoms with Crippen molar-refractivity contribution in [2.45, 2.75) is 31.5 Å². The highest BCUT2D eigenvalue weighted by Crippen LogP contribution is 2.39. The van der Waals surface area contributed by atoms with Gasteiger partial charge in [-0.15, -0.1) is 0 Å². The average Bonchev–Trinajstić information content (AvgIpc) is 2.70. The van der Waals surface area contributed by atoms with E-state index >= 15 is 0 Å². The maximum Gasteiger partial charge on any atom is 0.130 e. The van der Waals surface area contributed by atoms with Crippen molar-refractivity contribution in [3.8, 4) is 0 Å². The summed E-state index contributed by atoms with van der Waals surface area (Å²) in [5, 5.41) is 3.34. The van der Waals surface area contributed by atoms with Crippen molar-refractivity contribution in [3.05, 3.63) is 18.1 Å². The van der Waals surface area contributed by atoms with E-state index in [9.17, 15) is 0 Å². The van der Waals surface area contributed by atoms with E-state index in [1.807, 2.05) is 13.0 Å². The van der Waals surface area contributed by atoms with Crippen LogP contribution in [0.25, 0.3) is 0 Å². The van der Waals surface area contributed by atoms with Crippen LogP contribution in [0.15, 0.2) is 12.3 Å². The Morgan fingerprint density at radius 3 is 3.25 bits per heavy atom. The Morgan fingerprint density at radius 1 is 1.56 bits per heavy atom. The summed E-state index contributed by atoms with van der Waals surface area (Å²) in [5.41, 5.74) is 6.11. The number of rotatable bonds is 2. The van der Waals surface area contributed by atoms with E-state index in [4.69, 9.17) is 10.5 Å². The van der Waals surface area contributed by atoms with E-state index in [1.165, 1.54) is 0 Å². The number of nitrogens with zero attached hydrogens (tertiary/aromatic N) is 2. The lowest BCUT2D eigenvalue weighted by atomic mass is 9.72. The summed E-state index contributed by atoms with van der Waals surface area (Å²) in [4.78, 5) is 8.37. The van der Waals surface area contributed by atoms with Crippen molar-refractivity contribution in [3.63, 3.8) is 0 Å². The second-order valence-electron chi connectivity index (χ2n) is 4.52. The van der Waals surface area contributed by atoms with Crippen molar-refractivity contribution in [2.24, 2.45) is 11.7 Å². The van der Waals surface area contributed by atoms with Gasteiger partial charge in [0.05, 0.1) is 12.1 Å². The Bertz CT molecular complexity index is 397. The maximum absolute atomic E-state index is 6.11. The molecule has 86 valence electrons. The summed E-state index contributed by atoms with van der Waals surface area (Å²) < 4.78 is 5.65. The maximum atomic E-state index is 6.11. The molecule has 3 N–H and O–H groups in total. The molecule has 1 saturated carbocycles. The van der Waals surface area contributed by atoms with Gasteiger partial charge in [0.25, 0.3) is 0 Å². The summed E-state index contributed by atoms with van der Waals surface area (Å²) in [6, 6.07) is 2.24. The predicted octanol–water partition coefficient (Wildman–Crippen LogP) is 0.312. The molecule has 1 saturated heterocycles. The zero-order valence-electron chi connectivity index (χ0n) is 9.26. The molecule has 0 aromatic carbocycles. The molecule has 0 bridgehead atoms. The highest BCUT2D eigenvalue weighted by molar-refractivity contribution is 5.37. The molecule has 2 aliphatic rings. The largest absolute Gasteiger partial charge is 0.376 e. The highest BCUT2D eigenvalue weighted by atomic mass is 16.5. The molecule has 0 radical (unpaired) electrons. The van der Waals surface area contributed by atoms with E-state index in [1.54, 1.807) is 6.20 Å². The zero-order valence-corrected chi connectivity index (χ0v) is 9.26. The summed E-state index contributed by atoms with van der Waals surface area (Å²) in [7, 11) is 0. The smallest absolute Gasteiger partial charge is 0.130 e. The van der Waals surface area contributed by atoms with Gasteiger partial charge in [-0.25, -0.2) is 9.97 Å². The fraction of sp³-hybridized carbons (Fsp3) is 0.636. The van der Waals surface area contributed by atoms with Gasteiger partial charge in [0.2, 0.25) is 0 Å². The molecule has 2 fully saturated rings. The number of nitrogens with one attached hydrogen (secondary N) is 1. The lowest BCUT2D eigenvalue weighted by Gasteiger charge is -2.45. The molecular weight excluding hydrogens is 204 g/mol. The Labute approximate surface area is 94.4 Å². The first kappa shape index (κ1) is 9.99. The van der Waals surface area contributed by atoms with Gasteiger partial charge in [-0.1, -0.05) is 0 Å². The van der Waals surface area contributed by atoms with Gasteiger partial charge >= 0.3 is 0 Å². The van der Waals surface area contributed by atoms with E-state index in [0.717, 1.165) is 24.7 Å². The van der Waals surface area contributed by atoms with Gasteiger partial charge in [0, 0.05) is 24.8 Å². The van der Waals surface area contributed by atoms with Crippen LogP contribution in [0.4, 0.5) is 5.82 Å². The average molecular weight is 220 g/mol. The Balaban J connectivity index is 1.71. The Morgan fingerprint density at radius 2 is 2.44 bits per heavy atom. The fourth-order valence-corrected chi connectivity index (χ4v) is 2.64. The first-order valence-corrected chi connectivity index (χ1v) is 5.69. The summed E-state index contributed by atoms with van der Waals surface area (Å²) in [6.07, 6.45) is 3.11. The van der Waals surface area contributed by atoms with Crippen LogP contribution in [0.2, 0.25) is 0 Å². The normalized spacial score (nSPS) is 36.6. The van der Waals surface area contributed by atoms with Crippen molar-refractivity contribution in [1.29, 1.82) is 0 Å². The second kappa shape index (κ2) is 3.68. The van der Waals surface area contributed by atoms with Gasteiger partial charge in [-0.2, -0.15) is 0 Å². The minimum absolute atomic E-state index is 0.183. The topological polar surface area (TPSA) is 73.1 Å². The number of anilines is 1. The molecule has 0 spiro atoms. The minimum Gasteiger partial charge on any atom is -0.376 e. The molecule has 5 nitrogen and oxygen atoms in total. The van der Waals surface area contributed by atoms with Crippen LogP contribution in [-0.2, 0) is 4.74 Å². The van der Waals surface area contributed by atoms with Crippen LogP contribution in [0.5, 0.6) is 0 Å². The summed E-state index contributed by atoms with van der Waals surface area (Å²) in [6.45, 7) is 2.71. The van der Waals surface area contributed by atoms with Crippen molar-refractivity contribution < 1.29 is 4.74 Å². The molecule has 3 rings (SSSR count). The molecule has 0 amide bonds. The molecule has 1 aliphatic carbocycles. The third kappa shape index (κ3) is 1.47. The molecule has 5 heteroatoms. The summed E-state index contributed by atoms with van der Waals surface area (Å²) in [5.74, 6) is 2.13. The van der Waals surface area contributed by atoms with Crippen molar-refractivity contribution in [1.82, 2.24) is 9.97 Å². The minimum atomic E-state index is 0.183. The molecule has 2 heterocycles. The monoisotopic (exact) mass is 220 g/mol. The highest BCUT2D eigenvalue weighted by Gasteiger charge is 2.52. The van der Waals surface area contributed by atoms with Gasteiger partial charge in [-0.3, -0.25) is 0 Å². The number of hydrogen-bond acceptors (Lipinski definition) is 5. The molecule has 4 atom stereocenters. The van der Waals surface area contributed by atoms with Crippen LogP contribution < -0.4 is 11.1 Å². The van der Waals surface area contributed by atoms with Crippen LogP contribution in [0.1, 0.15) is 12.2 Å². The van der Waals surface area contributed by atoms with Crippen LogP contribution in [0, 0.1) is 12.8 Å². The number of ether oxygens (including phenoxy) is 1. The van der Waals surface area contributed by atoms with Gasteiger partial charge < -0.3 is 15.8 Å². The number of hydrogen-bond donors (Lipinski definition) is 2. The van der Waals surface area contributed by atoms with E-state index in [2.05, 4.69) is 15.3 Å². The Hall–Kier alpha value is -1.20. The zero-order chi connectivity index (χ0) is 11.1. The van der Waals surface area contributed by atoms with Crippen LogP contribution in [0.3, 0.4) is 0 Å². The summed E-state index contributed by atoms with van der Waals surface area (Å²) >= 11 is 0. The van der Waals surface area contributed by atoms with Gasteiger partial charge in [0.15, 0.2) is 0 Å². The second-order valence-corrected chi connectivity index (χ2v) is 4.52. The van der Waals surface area contributed by atoms with E-state index in [0.29, 0.717) is 5.92 Å². The number of fused-ring (bicyclic) bond motifs is 1. The first-order chi connectivity index (χ1) is 7.75. The predicted molar refractivity (Wildman–Crippen MR) is 60.0 cm³/mol. The quantitative estimate of drug-likeness (QED) is 0.750. The number of nitrogens with two attached hydrogens (primary N) is 1. The molecular formula is C11H16N4O. The van der Waals surface area contributed by atoms with Crippen LogP contribution in [-0.4, -0.2) is 34.8 Å². The van der Waals surface area contributed by atoms with Crippen LogP contribution >= 0.6 is 0 Å². The number of aromatic nitrogens is 2. The van der Waals surface area contributed by atoms with Gasteiger partial charge in [-0.05, 0) is 19.4 Å². The molecule has 1 aliphatic heterocycles. The first-order valence-electron chi connectivity index (χ1n) is 5.69. The molecule has 16 heavy (non-hydrogen) atoms. The standard InChI is InChI=1S/C11H16N4O/c1-6-13-4-2-8(14-6)15-10-9(12)7-3-5-16-11(7)10/h2,4,7,9-11H,3,5,12H2,1H3,(H,13,14,15). The SMILES string of the molecule is Cc1nccc(NC2C(N)C3CCOC32)n1. The Kier molecular flexibility index (Phi) is 2.29. The molecule has 1 aromatic heterocycles. The van der Waals surface area contributed by atoms with E-state index < -0.39 is 0 Å². The van der Waals surface area contributed by atoms with Crippen molar-refractivity contribution in [2.75, 3.05) is 11.9 Å². The third-order valence-corrected chi connectivity index (χ3v) is 3.54. The third-order valence-electron chi connectivity index (χ3n) is 3.54. The fourth-order valence-electron chi connectivity index (χ4n) is 2.64. The molecule has 1 aromatic rings.